The minimum Gasteiger partial charge on any atom is -0.490 e. The van der Waals surface area contributed by atoms with Crippen LogP contribution in [0.4, 0.5) is 0 Å². The number of nitrogens with zero attached hydrogens (tertiary/aromatic N) is 2. The first-order valence-corrected chi connectivity index (χ1v) is 8.33. The molecule has 1 fully saturated rings. The Hall–Kier alpha value is -1.92. The van der Waals surface area contributed by atoms with Crippen LogP contribution in [-0.2, 0) is 0 Å². The summed E-state index contributed by atoms with van der Waals surface area (Å²) in [6, 6.07) is 11.2. The van der Waals surface area contributed by atoms with E-state index in [1.54, 1.807) is 12.4 Å². The second-order valence-electron chi connectivity index (χ2n) is 5.36. The summed E-state index contributed by atoms with van der Waals surface area (Å²) in [5.74, 6) is 0.757. The van der Waals surface area contributed by atoms with Gasteiger partial charge in [0.05, 0.1) is 12.2 Å². The highest BCUT2D eigenvalue weighted by Gasteiger charge is 2.27. The minimum atomic E-state index is 0.0000953. The number of halogens is 1. The molecular weight excluding hydrogens is 358 g/mol. The highest BCUT2D eigenvalue weighted by Crippen LogP contribution is 2.16. The molecule has 3 rings (SSSR count). The van der Waals surface area contributed by atoms with Gasteiger partial charge in [-0.2, -0.15) is 0 Å². The van der Waals surface area contributed by atoms with Gasteiger partial charge in [-0.1, -0.05) is 15.9 Å². The van der Waals surface area contributed by atoms with Gasteiger partial charge < -0.3 is 15.0 Å². The first-order chi connectivity index (χ1) is 11.2. The number of carbonyl (C=O) groups excluding carboxylic acids is 1. The smallest absolute Gasteiger partial charge is 0.254 e. The molecule has 1 aliphatic rings. The lowest BCUT2D eigenvalue weighted by Crippen LogP contribution is -2.55. The molecule has 1 amide bonds. The van der Waals surface area contributed by atoms with Gasteiger partial charge in [0, 0.05) is 35.9 Å². The molecule has 120 valence electrons. The highest BCUT2D eigenvalue weighted by molar-refractivity contribution is 9.10. The van der Waals surface area contributed by atoms with E-state index in [9.17, 15) is 4.79 Å². The summed E-state index contributed by atoms with van der Waals surface area (Å²) < 4.78 is 6.74. The molecule has 0 spiro atoms. The van der Waals surface area contributed by atoms with E-state index < -0.39 is 0 Å². The zero-order valence-electron chi connectivity index (χ0n) is 12.6. The number of rotatable bonds is 4. The molecule has 2 aromatic rings. The van der Waals surface area contributed by atoms with Gasteiger partial charge >= 0.3 is 0 Å². The minimum absolute atomic E-state index is 0.0000953. The van der Waals surface area contributed by atoms with E-state index in [1.165, 1.54) is 0 Å². The van der Waals surface area contributed by atoms with Crippen molar-refractivity contribution < 1.29 is 9.53 Å². The van der Waals surface area contributed by atoms with Crippen LogP contribution in [-0.4, -0.2) is 48.1 Å². The van der Waals surface area contributed by atoms with Gasteiger partial charge in [0.15, 0.2) is 0 Å². The lowest BCUT2D eigenvalue weighted by atomic mass is 10.1. The number of hydrogen-bond acceptors (Lipinski definition) is 4. The van der Waals surface area contributed by atoms with E-state index in [4.69, 9.17) is 4.74 Å². The Morgan fingerprint density at radius 2 is 2.17 bits per heavy atom. The van der Waals surface area contributed by atoms with Gasteiger partial charge in [-0.25, -0.2) is 0 Å². The Morgan fingerprint density at radius 1 is 1.35 bits per heavy atom. The van der Waals surface area contributed by atoms with Crippen LogP contribution in [0.5, 0.6) is 5.75 Å². The van der Waals surface area contributed by atoms with Crippen molar-refractivity contribution in [3.63, 3.8) is 0 Å². The number of aromatic nitrogens is 1. The zero-order chi connectivity index (χ0) is 16.1. The lowest BCUT2D eigenvalue weighted by molar-refractivity contribution is 0.0559. The molecule has 0 aliphatic carbocycles. The molecule has 0 saturated carbocycles. The maximum absolute atomic E-state index is 12.7. The van der Waals surface area contributed by atoms with Crippen LogP contribution in [0.2, 0.25) is 0 Å². The van der Waals surface area contributed by atoms with Crippen molar-refractivity contribution in [3.8, 4) is 5.75 Å². The van der Waals surface area contributed by atoms with Gasteiger partial charge in [0.2, 0.25) is 0 Å². The number of pyridine rings is 1. The van der Waals surface area contributed by atoms with E-state index in [2.05, 4.69) is 26.2 Å². The molecule has 2 heterocycles. The number of amides is 1. The lowest BCUT2D eigenvalue weighted by Gasteiger charge is -2.36. The summed E-state index contributed by atoms with van der Waals surface area (Å²) >= 11 is 3.39. The summed E-state index contributed by atoms with van der Waals surface area (Å²) in [6.45, 7) is 2.64. The van der Waals surface area contributed by atoms with Crippen LogP contribution in [0.1, 0.15) is 10.4 Å². The number of hydrogen-bond donors (Lipinski definition) is 1. The normalized spacial score (nSPS) is 17.8. The Morgan fingerprint density at radius 3 is 2.91 bits per heavy atom. The molecule has 6 heteroatoms. The van der Waals surface area contributed by atoms with E-state index in [0.29, 0.717) is 24.5 Å². The van der Waals surface area contributed by atoms with E-state index in [0.717, 1.165) is 17.6 Å². The maximum atomic E-state index is 12.7. The SMILES string of the molecule is O=C(c1ccc(Br)cc1)N1CCNCC1COc1cccnc1. The fourth-order valence-corrected chi connectivity index (χ4v) is 2.82. The molecule has 1 aliphatic heterocycles. The third-order valence-corrected chi connectivity index (χ3v) is 4.31. The number of carbonyl (C=O) groups is 1. The fourth-order valence-electron chi connectivity index (χ4n) is 2.56. The molecule has 5 nitrogen and oxygen atoms in total. The summed E-state index contributed by atoms with van der Waals surface area (Å²) in [6.07, 6.45) is 3.38. The molecule has 1 N–H and O–H groups in total. The monoisotopic (exact) mass is 375 g/mol. The average molecular weight is 376 g/mol. The summed E-state index contributed by atoms with van der Waals surface area (Å²) in [5, 5.41) is 3.32. The van der Waals surface area contributed by atoms with Crippen LogP contribution in [0.25, 0.3) is 0 Å². The van der Waals surface area contributed by atoms with Gasteiger partial charge in [-0.05, 0) is 36.4 Å². The number of benzene rings is 1. The predicted molar refractivity (Wildman–Crippen MR) is 91.6 cm³/mol. The average Bonchev–Trinajstić information content (AvgIpc) is 2.61. The van der Waals surface area contributed by atoms with Crippen molar-refractivity contribution in [2.75, 3.05) is 26.2 Å². The van der Waals surface area contributed by atoms with Crippen molar-refractivity contribution in [3.05, 3.63) is 58.8 Å². The molecule has 1 unspecified atom stereocenters. The third kappa shape index (κ3) is 4.09. The Balaban J connectivity index is 1.68. The Bertz CT molecular complexity index is 649. The summed E-state index contributed by atoms with van der Waals surface area (Å²) in [4.78, 5) is 18.7. The number of piperazine rings is 1. The van der Waals surface area contributed by atoms with Crippen molar-refractivity contribution in [2.24, 2.45) is 0 Å². The quantitative estimate of drug-likeness (QED) is 0.890. The molecular formula is C17H18BrN3O2. The van der Waals surface area contributed by atoms with Crippen LogP contribution in [0, 0.1) is 0 Å². The first kappa shape index (κ1) is 16.0. The topological polar surface area (TPSA) is 54.5 Å². The standard InChI is InChI=1S/C17H18BrN3O2/c18-14-5-3-13(4-6-14)17(22)21-9-8-20-10-15(21)12-23-16-2-1-7-19-11-16/h1-7,11,15,20H,8-10,12H2. The number of nitrogens with one attached hydrogen (secondary N) is 1. The van der Waals surface area contributed by atoms with Crippen molar-refractivity contribution in [1.29, 1.82) is 0 Å². The molecule has 1 atom stereocenters. The van der Waals surface area contributed by atoms with E-state index in [-0.39, 0.29) is 11.9 Å². The molecule has 0 radical (unpaired) electrons. The van der Waals surface area contributed by atoms with Crippen LogP contribution >= 0.6 is 15.9 Å². The maximum Gasteiger partial charge on any atom is 0.254 e. The Labute approximate surface area is 143 Å². The third-order valence-electron chi connectivity index (χ3n) is 3.78. The van der Waals surface area contributed by atoms with Crippen molar-refractivity contribution >= 4 is 21.8 Å². The first-order valence-electron chi connectivity index (χ1n) is 7.54. The molecule has 0 bridgehead atoms. The highest BCUT2D eigenvalue weighted by atomic mass is 79.9. The van der Waals surface area contributed by atoms with Gasteiger partial charge in [-0.3, -0.25) is 9.78 Å². The summed E-state index contributed by atoms with van der Waals surface area (Å²) in [5.41, 5.74) is 0.696. The van der Waals surface area contributed by atoms with Crippen LogP contribution in [0.15, 0.2) is 53.3 Å². The van der Waals surface area contributed by atoms with E-state index in [1.807, 2.05) is 41.3 Å². The number of ether oxygens (including phenoxy) is 1. The summed E-state index contributed by atoms with van der Waals surface area (Å²) in [7, 11) is 0. The van der Waals surface area contributed by atoms with E-state index >= 15 is 0 Å². The van der Waals surface area contributed by atoms with Gasteiger partial charge in [0.1, 0.15) is 12.4 Å². The van der Waals surface area contributed by atoms with Crippen LogP contribution < -0.4 is 10.1 Å². The zero-order valence-corrected chi connectivity index (χ0v) is 14.2. The predicted octanol–water partition coefficient (Wildman–Crippen LogP) is 2.34. The largest absolute Gasteiger partial charge is 0.490 e. The Kier molecular flexibility index (Phi) is 5.25. The molecule has 1 aromatic heterocycles. The van der Waals surface area contributed by atoms with Crippen molar-refractivity contribution in [1.82, 2.24) is 15.2 Å². The molecule has 1 saturated heterocycles. The van der Waals surface area contributed by atoms with Gasteiger partial charge in [0.25, 0.3) is 5.91 Å². The molecule has 1 aromatic carbocycles. The molecule has 23 heavy (non-hydrogen) atoms. The van der Waals surface area contributed by atoms with Gasteiger partial charge in [-0.15, -0.1) is 0 Å². The van der Waals surface area contributed by atoms with Crippen molar-refractivity contribution in [2.45, 2.75) is 6.04 Å². The second-order valence-corrected chi connectivity index (χ2v) is 6.28. The fraction of sp³-hybridized carbons (Fsp3) is 0.294. The van der Waals surface area contributed by atoms with Crippen LogP contribution in [0.3, 0.4) is 0 Å². The second kappa shape index (κ2) is 7.57.